The Bertz CT molecular complexity index is 1210. The standard InChI is InChI=1S/C26H23ClN2O5/c1-15(12-24(30)31)28-25(32)16-10-11-22(27)23(13-16)29-26(33)34-14-21-19-8-4-2-6-17(19)18-7-3-5-9-20(18)21/h2-11,13,15,21H,12,14H2,1H3,(H,28,32)(H,29,33)(H,30,31)/t15-/m0/s1. The Morgan fingerprint density at radius 2 is 1.62 bits per heavy atom. The first kappa shape index (κ1) is 23.3. The van der Waals surface area contributed by atoms with E-state index in [2.05, 4.69) is 22.8 Å². The van der Waals surface area contributed by atoms with Gasteiger partial charge in [-0.1, -0.05) is 60.1 Å². The van der Waals surface area contributed by atoms with E-state index in [0.29, 0.717) is 0 Å². The minimum Gasteiger partial charge on any atom is -0.481 e. The predicted molar refractivity (Wildman–Crippen MR) is 129 cm³/mol. The highest BCUT2D eigenvalue weighted by Gasteiger charge is 2.29. The number of carboxylic acids is 1. The number of anilines is 1. The lowest BCUT2D eigenvalue weighted by molar-refractivity contribution is -0.137. The maximum absolute atomic E-state index is 12.6. The van der Waals surface area contributed by atoms with Crippen molar-refractivity contribution in [2.75, 3.05) is 11.9 Å². The van der Waals surface area contributed by atoms with Gasteiger partial charge in [0.25, 0.3) is 5.91 Å². The van der Waals surface area contributed by atoms with E-state index in [0.717, 1.165) is 22.3 Å². The first-order valence-corrected chi connectivity index (χ1v) is 11.2. The Morgan fingerprint density at radius 1 is 1.00 bits per heavy atom. The minimum absolute atomic E-state index is 0.0820. The van der Waals surface area contributed by atoms with E-state index in [1.807, 2.05) is 36.4 Å². The number of hydrogen-bond donors (Lipinski definition) is 3. The van der Waals surface area contributed by atoms with Gasteiger partial charge in [0.2, 0.25) is 0 Å². The molecule has 1 aliphatic rings. The molecule has 0 saturated heterocycles. The van der Waals surface area contributed by atoms with Gasteiger partial charge in [0, 0.05) is 17.5 Å². The van der Waals surface area contributed by atoms with Crippen molar-refractivity contribution in [2.24, 2.45) is 0 Å². The van der Waals surface area contributed by atoms with Gasteiger partial charge in [0.1, 0.15) is 6.61 Å². The van der Waals surface area contributed by atoms with Crippen LogP contribution in [0.4, 0.5) is 10.5 Å². The van der Waals surface area contributed by atoms with Gasteiger partial charge in [-0.05, 0) is 47.4 Å². The molecule has 1 aliphatic carbocycles. The van der Waals surface area contributed by atoms with Crippen LogP contribution in [-0.2, 0) is 9.53 Å². The molecule has 4 rings (SSSR count). The van der Waals surface area contributed by atoms with Gasteiger partial charge < -0.3 is 15.2 Å². The lowest BCUT2D eigenvalue weighted by Gasteiger charge is -2.16. The quantitative estimate of drug-likeness (QED) is 0.427. The molecule has 8 heteroatoms. The molecule has 3 aromatic rings. The molecule has 0 heterocycles. The number of ether oxygens (including phenoxy) is 1. The molecule has 0 aromatic heterocycles. The predicted octanol–water partition coefficient (Wildman–Crippen LogP) is 5.29. The molecular formula is C26H23ClN2O5. The number of benzene rings is 3. The van der Waals surface area contributed by atoms with E-state index < -0.39 is 24.0 Å². The fourth-order valence-electron chi connectivity index (χ4n) is 4.13. The van der Waals surface area contributed by atoms with Crippen molar-refractivity contribution >= 4 is 35.3 Å². The number of rotatable bonds is 7. The van der Waals surface area contributed by atoms with Crippen LogP contribution in [0, 0.1) is 0 Å². The Balaban J connectivity index is 1.42. The van der Waals surface area contributed by atoms with Crippen LogP contribution in [-0.4, -0.2) is 35.7 Å². The van der Waals surface area contributed by atoms with Gasteiger partial charge >= 0.3 is 12.1 Å². The molecule has 1 atom stereocenters. The summed E-state index contributed by atoms with van der Waals surface area (Å²) in [6.07, 6.45) is -0.898. The van der Waals surface area contributed by atoms with Gasteiger partial charge in [-0.3, -0.25) is 14.9 Å². The normalized spacial score (nSPS) is 12.9. The average Bonchev–Trinajstić information content (AvgIpc) is 3.12. The van der Waals surface area contributed by atoms with Crippen LogP contribution in [0.15, 0.2) is 66.7 Å². The molecule has 0 bridgehead atoms. The lowest BCUT2D eigenvalue weighted by atomic mass is 9.98. The second kappa shape index (κ2) is 9.97. The average molecular weight is 479 g/mol. The zero-order valence-electron chi connectivity index (χ0n) is 18.4. The highest BCUT2D eigenvalue weighted by Crippen LogP contribution is 2.44. The molecule has 0 aliphatic heterocycles. The molecule has 0 radical (unpaired) electrons. The zero-order chi connectivity index (χ0) is 24.2. The summed E-state index contributed by atoms with van der Waals surface area (Å²) in [6.45, 7) is 1.74. The number of halogens is 1. The Hall–Kier alpha value is -3.84. The van der Waals surface area contributed by atoms with Crippen LogP contribution in [0.2, 0.25) is 5.02 Å². The zero-order valence-corrected chi connectivity index (χ0v) is 19.1. The highest BCUT2D eigenvalue weighted by atomic mass is 35.5. The summed E-state index contributed by atoms with van der Waals surface area (Å²) in [6, 6.07) is 19.9. The fraction of sp³-hybridized carbons (Fsp3) is 0.192. The number of carboxylic acid groups (broad SMARTS) is 1. The molecule has 174 valence electrons. The molecule has 0 unspecified atom stereocenters. The Labute approximate surface area is 201 Å². The number of fused-ring (bicyclic) bond motifs is 3. The van der Waals surface area contributed by atoms with Gasteiger partial charge in [-0.2, -0.15) is 0 Å². The SMILES string of the molecule is C[C@@H](CC(=O)O)NC(=O)c1ccc(Cl)c(NC(=O)OCC2c3ccccc3-c3ccccc32)c1. The number of nitrogens with one attached hydrogen (secondary N) is 2. The summed E-state index contributed by atoms with van der Waals surface area (Å²) in [4.78, 5) is 35.8. The van der Waals surface area contributed by atoms with E-state index in [9.17, 15) is 14.4 Å². The van der Waals surface area contributed by atoms with Gasteiger partial charge in [-0.25, -0.2) is 4.79 Å². The molecule has 0 fully saturated rings. The molecule has 0 saturated carbocycles. The maximum Gasteiger partial charge on any atom is 0.411 e. The van der Waals surface area contributed by atoms with Crippen LogP contribution < -0.4 is 10.6 Å². The second-order valence-electron chi connectivity index (χ2n) is 8.12. The lowest BCUT2D eigenvalue weighted by Crippen LogP contribution is -2.34. The van der Waals surface area contributed by atoms with Crippen LogP contribution in [0.25, 0.3) is 11.1 Å². The van der Waals surface area contributed by atoms with Crippen LogP contribution in [0.1, 0.15) is 40.7 Å². The third kappa shape index (κ3) is 5.05. The summed E-state index contributed by atoms with van der Waals surface area (Å²) in [5, 5.41) is 14.3. The van der Waals surface area contributed by atoms with Crippen molar-refractivity contribution in [2.45, 2.75) is 25.3 Å². The van der Waals surface area contributed by atoms with E-state index >= 15 is 0 Å². The number of aliphatic carboxylic acids is 1. The first-order chi connectivity index (χ1) is 16.3. The van der Waals surface area contributed by atoms with Crippen molar-refractivity contribution in [1.29, 1.82) is 0 Å². The summed E-state index contributed by atoms with van der Waals surface area (Å²) in [5.74, 6) is -1.57. The van der Waals surface area contributed by atoms with Crippen molar-refractivity contribution < 1.29 is 24.2 Å². The molecule has 34 heavy (non-hydrogen) atoms. The summed E-state index contributed by atoms with van der Waals surface area (Å²) < 4.78 is 5.53. The molecule has 0 spiro atoms. The fourth-order valence-corrected chi connectivity index (χ4v) is 4.29. The second-order valence-corrected chi connectivity index (χ2v) is 8.52. The first-order valence-electron chi connectivity index (χ1n) is 10.8. The van der Waals surface area contributed by atoms with Crippen LogP contribution >= 0.6 is 11.6 Å². The third-order valence-corrected chi connectivity index (χ3v) is 6.00. The number of carbonyl (C=O) groups excluding carboxylic acids is 2. The van der Waals surface area contributed by atoms with Gasteiger partial charge in [-0.15, -0.1) is 0 Å². The van der Waals surface area contributed by atoms with E-state index in [1.165, 1.54) is 18.2 Å². The van der Waals surface area contributed by atoms with Crippen LogP contribution in [0.3, 0.4) is 0 Å². The largest absolute Gasteiger partial charge is 0.481 e. The van der Waals surface area contributed by atoms with Gasteiger partial charge in [0.15, 0.2) is 0 Å². The number of hydrogen-bond acceptors (Lipinski definition) is 4. The number of amides is 2. The molecule has 3 aromatic carbocycles. The van der Waals surface area contributed by atoms with Crippen LogP contribution in [0.5, 0.6) is 0 Å². The van der Waals surface area contributed by atoms with Crippen molar-refractivity contribution in [3.8, 4) is 11.1 Å². The molecule has 3 N–H and O–H groups in total. The number of carbonyl (C=O) groups is 3. The third-order valence-electron chi connectivity index (χ3n) is 5.67. The molecule has 2 amide bonds. The smallest absolute Gasteiger partial charge is 0.411 e. The molecule has 7 nitrogen and oxygen atoms in total. The maximum atomic E-state index is 12.6. The van der Waals surface area contributed by atoms with Crippen molar-refractivity contribution in [3.63, 3.8) is 0 Å². The summed E-state index contributed by atoms with van der Waals surface area (Å²) in [5.41, 5.74) is 4.91. The topological polar surface area (TPSA) is 105 Å². The monoisotopic (exact) mass is 478 g/mol. The van der Waals surface area contributed by atoms with E-state index in [4.69, 9.17) is 21.4 Å². The van der Waals surface area contributed by atoms with E-state index in [-0.39, 0.29) is 35.2 Å². The minimum atomic E-state index is -1.01. The van der Waals surface area contributed by atoms with Crippen molar-refractivity contribution in [1.82, 2.24) is 5.32 Å². The van der Waals surface area contributed by atoms with E-state index in [1.54, 1.807) is 6.92 Å². The van der Waals surface area contributed by atoms with Crippen molar-refractivity contribution in [3.05, 3.63) is 88.4 Å². The summed E-state index contributed by atoms with van der Waals surface area (Å²) in [7, 11) is 0. The Kier molecular flexibility index (Phi) is 6.84. The summed E-state index contributed by atoms with van der Waals surface area (Å²) >= 11 is 6.20. The van der Waals surface area contributed by atoms with Gasteiger partial charge in [0.05, 0.1) is 17.1 Å². The Morgan fingerprint density at radius 3 is 2.24 bits per heavy atom. The molecular weight excluding hydrogens is 456 g/mol. The highest BCUT2D eigenvalue weighted by molar-refractivity contribution is 6.33.